The van der Waals surface area contributed by atoms with Gasteiger partial charge in [-0.15, -0.1) is 0 Å². The second-order valence-corrected chi connectivity index (χ2v) is 4.88. The van der Waals surface area contributed by atoms with Crippen molar-refractivity contribution in [1.29, 1.82) is 0 Å². The summed E-state index contributed by atoms with van der Waals surface area (Å²) in [5.41, 5.74) is 0. The minimum atomic E-state index is -0.288. The second-order valence-electron chi connectivity index (χ2n) is 4.88. The highest BCUT2D eigenvalue weighted by molar-refractivity contribution is 5.01. The third-order valence-electron chi connectivity index (χ3n) is 2.88. The van der Waals surface area contributed by atoms with Crippen LogP contribution in [0.5, 0.6) is 0 Å². The molecule has 0 aromatic heterocycles. The van der Waals surface area contributed by atoms with Gasteiger partial charge in [0.25, 0.3) is 0 Å². The first-order valence-corrected chi connectivity index (χ1v) is 8.24. The third-order valence-corrected chi connectivity index (χ3v) is 2.88. The van der Waals surface area contributed by atoms with Gasteiger partial charge >= 0.3 is 0 Å². The Balaban J connectivity index is 3.68. The maximum Gasteiger partial charge on any atom is 0.159 e. The van der Waals surface area contributed by atoms with Gasteiger partial charge in [-0.1, -0.05) is 48.6 Å². The number of rotatable bonds is 14. The average Bonchev–Trinajstić information content (AvgIpc) is 2.53. The molecule has 1 N–H and O–H groups in total. The molecule has 0 aliphatic heterocycles. The van der Waals surface area contributed by atoms with E-state index in [0.717, 1.165) is 25.7 Å². The highest BCUT2D eigenvalue weighted by atomic mass is 16.7. The van der Waals surface area contributed by atoms with Crippen LogP contribution >= 0.6 is 0 Å². The molecule has 0 aliphatic rings. The van der Waals surface area contributed by atoms with Crippen LogP contribution in [-0.2, 0) is 9.47 Å². The zero-order chi connectivity index (χ0) is 16.3. The maximum atomic E-state index is 9.04. The first-order valence-electron chi connectivity index (χ1n) is 8.24. The normalized spacial score (nSPS) is 14.1. The van der Waals surface area contributed by atoms with Crippen LogP contribution in [0.15, 0.2) is 48.6 Å². The molecule has 0 bridgehead atoms. The van der Waals surface area contributed by atoms with E-state index in [1.54, 1.807) is 0 Å². The minimum absolute atomic E-state index is 0.0903. The van der Waals surface area contributed by atoms with E-state index in [2.05, 4.69) is 12.2 Å². The van der Waals surface area contributed by atoms with Crippen molar-refractivity contribution in [2.45, 2.75) is 52.2 Å². The van der Waals surface area contributed by atoms with Crippen molar-refractivity contribution in [2.75, 3.05) is 19.8 Å². The first kappa shape index (κ1) is 20.8. The van der Waals surface area contributed by atoms with E-state index in [1.165, 1.54) is 0 Å². The van der Waals surface area contributed by atoms with E-state index < -0.39 is 0 Å². The lowest BCUT2D eigenvalue weighted by Gasteiger charge is -2.17. The Morgan fingerprint density at radius 1 is 0.818 bits per heavy atom. The summed E-state index contributed by atoms with van der Waals surface area (Å²) >= 11 is 0. The maximum absolute atomic E-state index is 9.04. The Labute approximate surface area is 136 Å². The van der Waals surface area contributed by atoms with Gasteiger partial charge in [0.05, 0.1) is 13.2 Å². The monoisotopic (exact) mass is 308 g/mol. The predicted molar refractivity (Wildman–Crippen MR) is 93.8 cm³/mol. The zero-order valence-electron chi connectivity index (χ0n) is 14.1. The molecule has 0 saturated carbocycles. The number of hydrogen-bond donors (Lipinski definition) is 1. The highest BCUT2D eigenvalue weighted by Gasteiger charge is 2.07. The van der Waals surface area contributed by atoms with Crippen molar-refractivity contribution >= 4 is 0 Å². The Bertz CT molecular complexity index is 300. The molecule has 0 atom stereocenters. The van der Waals surface area contributed by atoms with Crippen LogP contribution in [0.4, 0.5) is 0 Å². The van der Waals surface area contributed by atoms with Crippen molar-refractivity contribution in [3.8, 4) is 0 Å². The van der Waals surface area contributed by atoms with E-state index in [0.29, 0.717) is 19.6 Å². The number of ether oxygens (including phenoxy) is 2. The average molecular weight is 308 g/mol. The number of unbranched alkanes of at least 4 members (excludes halogenated alkanes) is 2. The van der Waals surface area contributed by atoms with Crippen molar-refractivity contribution in [2.24, 2.45) is 0 Å². The molecule has 0 fully saturated rings. The Hall–Kier alpha value is -1.16. The van der Waals surface area contributed by atoms with Crippen LogP contribution < -0.4 is 0 Å². The lowest BCUT2D eigenvalue weighted by Crippen LogP contribution is -2.20. The molecule has 0 unspecified atom stereocenters. The van der Waals surface area contributed by atoms with Crippen LogP contribution in [0.3, 0.4) is 0 Å². The van der Waals surface area contributed by atoms with Crippen LogP contribution in [0.2, 0.25) is 0 Å². The standard InChI is InChI=1S/C19H32O3/c1-3-5-7-9-11-13-17-21-19(15-16-20)22-18-14-12-10-8-6-4-2/h3-10,19-20H,11-18H2,1-2H3. The molecular weight excluding hydrogens is 276 g/mol. The molecule has 22 heavy (non-hydrogen) atoms. The summed E-state index contributed by atoms with van der Waals surface area (Å²) in [7, 11) is 0. The molecular formula is C19H32O3. The van der Waals surface area contributed by atoms with E-state index in [1.807, 2.05) is 50.3 Å². The molecule has 0 radical (unpaired) electrons. The summed E-state index contributed by atoms with van der Waals surface area (Å²) in [4.78, 5) is 0. The van der Waals surface area contributed by atoms with E-state index >= 15 is 0 Å². The van der Waals surface area contributed by atoms with Crippen LogP contribution in [0.25, 0.3) is 0 Å². The molecule has 0 heterocycles. The smallest absolute Gasteiger partial charge is 0.159 e. The fourth-order valence-electron chi connectivity index (χ4n) is 1.72. The molecule has 0 spiro atoms. The van der Waals surface area contributed by atoms with Gasteiger partial charge in [-0.2, -0.15) is 0 Å². The Morgan fingerprint density at radius 3 is 1.73 bits per heavy atom. The molecule has 0 amide bonds. The number of aliphatic hydroxyl groups is 1. The molecule has 0 aromatic carbocycles. The van der Waals surface area contributed by atoms with Gasteiger partial charge in [0, 0.05) is 13.0 Å². The summed E-state index contributed by atoms with van der Waals surface area (Å²) in [6.07, 6.45) is 20.5. The van der Waals surface area contributed by atoms with Gasteiger partial charge < -0.3 is 14.6 Å². The van der Waals surface area contributed by atoms with E-state index in [-0.39, 0.29) is 12.9 Å². The molecule has 126 valence electrons. The lowest BCUT2D eigenvalue weighted by molar-refractivity contribution is -0.150. The molecule has 3 nitrogen and oxygen atoms in total. The van der Waals surface area contributed by atoms with Gasteiger partial charge in [0.15, 0.2) is 6.29 Å². The van der Waals surface area contributed by atoms with Crippen molar-refractivity contribution in [1.82, 2.24) is 0 Å². The summed E-state index contributed by atoms with van der Waals surface area (Å²) in [5.74, 6) is 0. The van der Waals surface area contributed by atoms with Crippen LogP contribution in [0.1, 0.15) is 46.0 Å². The van der Waals surface area contributed by atoms with Crippen LogP contribution in [-0.4, -0.2) is 31.2 Å². The summed E-state index contributed by atoms with van der Waals surface area (Å²) in [6, 6.07) is 0. The fourth-order valence-corrected chi connectivity index (χ4v) is 1.72. The fraction of sp³-hybridized carbons (Fsp3) is 0.579. The summed E-state index contributed by atoms with van der Waals surface area (Å²) < 4.78 is 11.3. The topological polar surface area (TPSA) is 38.7 Å². The van der Waals surface area contributed by atoms with E-state index in [4.69, 9.17) is 14.6 Å². The largest absolute Gasteiger partial charge is 0.396 e. The van der Waals surface area contributed by atoms with Crippen molar-refractivity contribution < 1.29 is 14.6 Å². The quantitative estimate of drug-likeness (QED) is 0.290. The highest BCUT2D eigenvalue weighted by Crippen LogP contribution is 2.05. The van der Waals surface area contributed by atoms with Gasteiger partial charge in [-0.3, -0.25) is 0 Å². The van der Waals surface area contributed by atoms with Gasteiger partial charge in [-0.05, 0) is 39.5 Å². The van der Waals surface area contributed by atoms with Crippen molar-refractivity contribution in [3.05, 3.63) is 48.6 Å². The molecule has 0 saturated heterocycles. The second kappa shape index (κ2) is 17.9. The first-order chi connectivity index (χ1) is 10.8. The number of aliphatic hydroxyl groups excluding tert-OH is 1. The minimum Gasteiger partial charge on any atom is -0.396 e. The van der Waals surface area contributed by atoms with Gasteiger partial charge in [0.1, 0.15) is 0 Å². The van der Waals surface area contributed by atoms with E-state index in [9.17, 15) is 0 Å². The molecule has 3 heteroatoms. The van der Waals surface area contributed by atoms with Crippen molar-refractivity contribution in [3.63, 3.8) is 0 Å². The molecule has 0 aliphatic carbocycles. The van der Waals surface area contributed by atoms with Crippen LogP contribution in [0, 0.1) is 0 Å². The molecule has 0 rings (SSSR count). The number of allylic oxidation sites excluding steroid dienone is 8. The lowest BCUT2D eigenvalue weighted by atomic mass is 10.3. The summed E-state index contributed by atoms with van der Waals surface area (Å²) in [5, 5.41) is 9.04. The third kappa shape index (κ3) is 15.2. The molecule has 0 aromatic rings. The Kier molecular flexibility index (Phi) is 16.9. The Morgan fingerprint density at radius 2 is 1.32 bits per heavy atom. The summed E-state index contributed by atoms with van der Waals surface area (Å²) in [6.45, 7) is 5.41. The zero-order valence-corrected chi connectivity index (χ0v) is 14.1. The SMILES string of the molecule is CC=CC=CCCCOC(CCO)OCCCC=CC=CC. The van der Waals surface area contributed by atoms with Gasteiger partial charge in [0.2, 0.25) is 0 Å². The number of hydrogen-bond acceptors (Lipinski definition) is 3. The predicted octanol–water partition coefficient (Wildman–Crippen LogP) is 4.55. The van der Waals surface area contributed by atoms with Gasteiger partial charge in [-0.25, -0.2) is 0 Å².